The summed E-state index contributed by atoms with van der Waals surface area (Å²) >= 11 is 1.52. The number of rotatable bonds is 2. The maximum atomic E-state index is 12.7. The third kappa shape index (κ3) is 3.14. The van der Waals surface area contributed by atoms with Crippen molar-refractivity contribution in [2.45, 2.75) is 38.0 Å². The van der Waals surface area contributed by atoms with E-state index in [0.29, 0.717) is 10.4 Å². The van der Waals surface area contributed by atoms with E-state index < -0.39 is 12.0 Å². The highest BCUT2D eigenvalue weighted by molar-refractivity contribution is 8.14. The number of aliphatic imine (C=N–C) groups is 1. The average molecular weight is 208 g/mol. The molecule has 2 unspecified atom stereocenters. The zero-order valence-electron chi connectivity index (χ0n) is 7.97. The number of halogens is 2. The lowest BCUT2D eigenvalue weighted by Crippen LogP contribution is -2.42. The van der Waals surface area contributed by atoms with Gasteiger partial charge in [0.2, 0.25) is 0 Å². The Kier molecular flexibility index (Phi) is 3.16. The van der Waals surface area contributed by atoms with Crippen molar-refractivity contribution >= 4 is 16.9 Å². The highest BCUT2D eigenvalue weighted by atomic mass is 32.2. The fourth-order valence-corrected chi connectivity index (χ4v) is 1.79. The lowest BCUT2D eigenvalue weighted by Gasteiger charge is -2.21. The summed E-state index contributed by atoms with van der Waals surface area (Å²) in [6.07, 6.45) is 0. The predicted octanol–water partition coefficient (Wildman–Crippen LogP) is 2.11. The van der Waals surface area contributed by atoms with Crippen LogP contribution in [0.25, 0.3) is 0 Å². The molecule has 1 aliphatic heterocycles. The van der Waals surface area contributed by atoms with Gasteiger partial charge in [0.25, 0.3) is 5.92 Å². The molecule has 0 aliphatic carbocycles. The molecule has 13 heavy (non-hydrogen) atoms. The summed E-state index contributed by atoms with van der Waals surface area (Å²) in [5.41, 5.74) is 0. The fraction of sp³-hybridized carbons (Fsp3) is 0.875. The zero-order chi connectivity index (χ0) is 10.1. The van der Waals surface area contributed by atoms with Crippen molar-refractivity contribution in [3.05, 3.63) is 0 Å². The molecule has 0 bridgehead atoms. The monoisotopic (exact) mass is 208 g/mol. The van der Waals surface area contributed by atoms with Gasteiger partial charge < -0.3 is 5.32 Å². The number of hydrogen-bond donors (Lipinski definition) is 1. The van der Waals surface area contributed by atoms with E-state index in [9.17, 15) is 8.78 Å². The number of nitrogens with zero attached hydrogens (tertiary/aromatic N) is 1. The number of hydrogen-bond acceptors (Lipinski definition) is 3. The second kappa shape index (κ2) is 3.82. The second-order valence-electron chi connectivity index (χ2n) is 3.40. The van der Waals surface area contributed by atoms with Crippen LogP contribution in [0.5, 0.6) is 0 Å². The lowest BCUT2D eigenvalue weighted by molar-refractivity contribution is -0.00572. The SMILES string of the molecule is CC1CN=C(NC(C)C(C)(F)F)S1. The van der Waals surface area contributed by atoms with Crippen LogP contribution in [0.15, 0.2) is 4.99 Å². The van der Waals surface area contributed by atoms with E-state index in [4.69, 9.17) is 0 Å². The Hall–Kier alpha value is -0.320. The maximum absolute atomic E-state index is 12.7. The van der Waals surface area contributed by atoms with Crippen LogP contribution in [0.1, 0.15) is 20.8 Å². The van der Waals surface area contributed by atoms with Gasteiger partial charge in [-0.2, -0.15) is 0 Å². The summed E-state index contributed by atoms with van der Waals surface area (Å²) < 4.78 is 25.5. The van der Waals surface area contributed by atoms with Crippen LogP contribution >= 0.6 is 11.8 Å². The Balaban J connectivity index is 2.42. The minimum Gasteiger partial charge on any atom is -0.356 e. The van der Waals surface area contributed by atoms with Crippen molar-refractivity contribution in [1.82, 2.24) is 5.32 Å². The smallest absolute Gasteiger partial charge is 0.264 e. The van der Waals surface area contributed by atoms with Gasteiger partial charge in [-0.1, -0.05) is 18.7 Å². The van der Waals surface area contributed by atoms with Crippen LogP contribution in [-0.2, 0) is 0 Å². The molecule has 2 nitrogen and oxygen atoms in total. The fourth-order valence-electron chi connectivity index (χ4n) is 0.868. The number of nitrogens with one attached hydrogen (secondary N) is 1. The van der Waals surface area contributed by atoms with E-state index in [-0.39, 0.29) is 0 Å². The van der Waals surface area contributed by atoms with Gasteiger partial charge in [-0.05, 0) is 6.92 Å². The number of amidine groups is 1. The van der Waals surface area contributed by atoms with Crippen LogP contribution in [0.4, 0.5) is 8.78 Å². The van der Waals surface area contributed by atoms with Crippen molar-refractivity contribution in [3.8, 4) is 0 Å². The molecule has 1 heterocycles. The van der Waals surface area contributed by atoms with Crippen LogP contribution in [-0.4, -0.2) is 28.9 Å². The first-order chi connectivity index (χ1) is 5.89. The Morgan fingerprint density at radius 3 is 2.69 bits per heavy atom. The van der Waals surface area contributed by atoms with E-state index >= 15 is 0 Å². The predicted molar refractivity (Wildman–Crippen MR) is 52.6 cm³/mol. The molecular formula is C8H14F2N2S. The molecule has 0 radical (unpaired) electrons. The van der Waals surface area contributed by atoms with Gasteiger partial charge in [0.05, 0.1) is 12.6 Å². The molecule has 76 valence electrons. The lowest BCUT2D eigenvalue weighted by atomic mass is 10.2. The van der Waals surface area contributed by atoms with E-state index in [2.05, 4.69) is 10.3 Å². The van der Waals surface area contributed by atoms with Gasteiger partial charge in [-0.25, -0.2) is 8.78 Å². The average Bonchev–Trinajstić information content (AvgIpc) is 2.33. The molecule has 0 fully saturated rings. The molecule has 0 saturated heterocycles. The Morgan fingerprint density at radius 1 is 1.69 bits per heavy atom. The van der Waals surface area contributed by atoms with E-state index in [1.54, 1.807) is 0 Å². The van der Waals surface area contributed by atoms with Crippen LogP contribution in [0, 0.1) is 0 Å². The molecule has 0 aromatic carbocycles. The molecule has 1 rings (SSSR count). The molecule has 0 spiro atoms. The van der Waals surface area contributed by atoms with Crippen molar-refractivity contribution in [2.24, 2.45) is 4.99 Å². The highest BCUT2D eigenvalue weighted by Gasteiger charge is 2.31. The number of alkyl halides is 2. The minimum absolute atomic E-state index is 0.403. The minimum atomic E-state index is -2.70. The highest BCUT2D eigenvalue weighted by Crippen LogP contribution is 2.22. The largest absolute Gasteiger partial charge is 0.356 e. The van der Waals surface area contributed by atoms with Crippen molar-refractivity contribution in [3.63, 3.8) is 0 Å². The molecule has 0 saturated carbocycles. The molecule has 0 aromatic rings. The molecule has 2 atom stereocenters. The molecule has 0 aromatic heterocycles. The van der Waals surface area contributed by atoms with Gasteiger partial charge >= 0.3 is 0 Å². The van der Waals surface area contributed by atoms with Crippen LogP contribution in [0.3, 0.4) is 0 Å². The molecular weight excluding hydrogens is 194 g/mol. The Morgan fingerprint density at radius 2 is 2.31 bits per heavy atom. The summed E-state index contributed by atoms with van der Waals surface area (Å²) in [7, 11) is 0. The van der Waals surface area contributed by atoms with Crippen LogP contribution < -0.4 is 5.32 Å². The van der Waals surface area contributed by atoms with Gasteiger partial charge in [-0.3, -0.25) is 4.99 Å². The van der Waals surface area contributed by atoms with Crippen molar-refractivity contribution in [2.75, 3.05) is 6.54 Å². The molecule has 1 aliphatic rings. The Bertz CT molecular complexity index is 213. The topological polar surface area (TPSA) is 24.4 Å². The number of thioether (sulfide) groups is 1. The first-order valence-corrected chi connectivity index (χ1v) is 5.13. The molecule has 0 amide bonds. The van der Waals surface area contributed by atoms with Gasteiger partial charge in [0, 0.05) is 12.2 Å². The van der Waals surface area contributed by atoms with E-state index in [0.717, 1.165) is 13.5 Å². The van der Waals surface area contributed by atoms with Crippen molar-refractivity contribution < 1.29 is 8.78 Å². The van der Waals surface area contributed by atoms with Gasteiger partial charge in [-0.15, -0.1) is 0 Å². The normalized spacial score (nSPS) is 25.6. The summed E-state index contributed by atoms with van der Waals surface area (Å²) in [6, 6.07) is -0.857. The zero-order valence-corrected chi connectivity index (χ0v) is 8.79. The van der Waals surface area contributed by atoms with Gasteiger partial charge in [0.15, 0.2) is 5.17 Å². The first kappa shape index (κ1) is 10.8. The second-order valence-corrected chi connectivity index (χ2v) is 4.82. The van der Waals surface area contributed by atoms with E-state index in [1.165, 1.54) is 18.7 Å². The molecule has 5 heteroatoms. The third-order valence-electron chi connectivity index (χ3n) is 1.91. The summed E-state index contributed by atoms with van der Waals surface area (Å²) in [6.45, 7) is 5.12. The third-order valence-corrected chi connectivity index (χ3v) is 2.93. The van der Waals surface area contributed by atoms with E-state index in [1.807, 2.05) is 6.92 Å². The summed E-state index contributed by atoms with van der Waals surface area (Å²) in [5.74, 6) is -2.70. The first-order valence-electron chi connectivity index (χ1n) is 4.25. The molecule has 1 N–H and O–H groups in total. The summed E-state index contributed by atoms with van der Waals surface area (Å²) in [4.78, 5) is 4.11. The standard InChI is InChI=1S/C8H14F2N2S/c1-5-4-11-7(13-5)12-6(2)8(3,9)10/h5-6H,4H2,1-3H3,(H,11,12). The van der Waals surface area contributed by atoms with Crippen LogP contribution in [0.2, 0.25) is 0 Å². The summed E-state index contributed by atoms with van der Waals surface area (Å²) in [5, 5.41) is 3.76. The maximum Gasteiger partial charge on any atom is 0.264 e. The van der Waals surface area contributed by atoms with Crippen molar-refractivity contribution in [1.29, 1.82) is 0 Å². The quantitative estimate of drug-likeness (QED) is 0.751. The van der Waals surface area contributed by atoms with Gasteiger partial charge in [0.1, 0.15) is 0 Å². The Labute approximate surface area is 81.2 Å².